The van der Waals surface area contributed by atoms with E-state index in [2.05, 4.69) is 0 Å². The molecule has 0 radical (unpaired) electrons. The first-order valence-electron chi connectivity index (χ1n) is 3.87. The van der Waals surface area contributed by atoms with Crippen LogP contribution in [0.2, 0.25) is 0 Å². The van der Waals surface area contributed by atoms with Crippen LogP contribution in [-0.4, -0.2) is 19.1 Å². The highest BCUT2D eigenvalue weighted by atomic mass is 19.3. The molecule has 68 valence electrons. The second-order valence-electron chi connectivity index (χ2n) is 3.31. The van der Waals surface area contributed by atoms with Gasteiger partial charge in [-0.1, -0.05) is 13.8 Å². The Morgan fingerprint density at radius 1 is 1.36 bits per heavy atom. The molecule has 1 nitrogen and oxygen atoms in total. The molecule has 0 saturated heterocycles. The Bertz CT molecular complexity index is 96.8. The zero-order chi connectivity index (χ0) is 8.91. The molecule has 0 heterocycles. The van der Waals surface area contributed by atoms with Crippen LogP contribution in [0.25, 0.3) is 0 Å². The predicted octanol–water partition coefficient (Wildman–Crippen LogP) is 2.70. The van der Waals surface area contributed by atoms with E-state index in [1.807, 2.05) is 13.8 Å². The molecule has 0 atom stereocenters. The van der Waals surface area contributed by atoms with Crippen molar-refractivity contribution in [2.45, 2.75) is 33.1 Å². The van der Waals surface area contributed by atoms with Crippen molar-refractivity contribution in [2.24, 2.45) is 5.92 Å². The number of rotatable bonds is 5. The van der Waals surface area contributed by atoms with Gasteiger partial charge in [-0.3, -0.25) is 0 Å². The molecular formula is C8H16F2O. The van der Waals surface area contributed by atoms with Crippen molar-refractivity contribution >= 4 is 0 Å². The fourth-order valence-electron chi connectivity index (χ4n) is 0.570. The van der Waals surface area contributed by atoms with Gasteiger partial charge in [-0.25, -0.2) is 8.78 Å². The molecule has 0 bridgehead atoms. The summed E-state index contributed by atoms with van der Waals surface area (Å²) in [4.78, 5) is 0. The Hall–Kier alpha value is -0.180. The minimum Gasteiger partial charge on any atom is -0.375 e. The summed E-state index contributed by atoms with van der Waals surface area (Å²) in [5.74, 6) is -2.17. The van der Waals surface area contributed by atoms with E-state index >= 15 is 0 Å². The molecule has 0 fully saturated rings. The van der Waals surface area contributed by atoms with E-state index in [1.54, 1.807) is 0 Å². The molecule has 0 aromatic heterocycles. The molecule has 0 aliphatic carbocycles. The lowest BCUT2D eigenvalue weighted by molar-refractivity contribution is -0.0639. The molecule has 3 heteroatoms. The Morgan fingerprint density at radius 3 is 2.27 bits per heavy atom. The third kappa shape index (κ3) is 9.82. The Morgan fingerprint density at radius 2 is 1.91 bits per heavy atom. The fourth-order valence-corrected chi connectivity index (χ4v) is 0.570. The summed E-state index contributed by atoms with van der Waals surface area (Å²) in [6.45, 7) is 4.91. The molecule has 0 aliphatic heterocycles. The molecule has 0 aromatic carbocycles. The van der Waals surface area contributed by atoms with Crippen LogP contribution in [0, 0.1) is 5.92 Å². The third-order valence-electron chi connectivity index (χ3n) is 1.20. The summed E-state index contributed by atoms with van der Waals surface area (Å²) in [5.41, 5.74) is 0. The van der Waals surface area contributed by atoms with E-state index in [1.165, 1.54) is 0 Å². The van der Waals surface area contributed by atoms with Gasteiger partial charge in [0.2, 0.25) is 0 Å². The first-order chi connectivity index (χ1) is 4.92. The van der Waals surface area contributed by atoms with Crippen molar-refractivity contribution in [1.29, 1.82) is 0 Å². The molecule has 0 unspecified atom stereocenters. The molecule has 0 saturated carbocycles. The number of alkyl halides is 2. The minimum absolute atomic E-state index is 0.432. The van der Waals surface area contributed by atoms with Gasteiger partial charge < -0.3 is 4.74 Å². The fraction of sp³-hybridized carbons (Fsp3) is 1.00. The summed E-state index contributed by atoms with van der Waals surface area (Å²) in [5, 5.41) is 0. The summed E-state index contributed by atoms with van der Waals surface area (Å²) in [6.07, 6.45) is 0.843. The molecule has 11 heavy (non-hydrogen) atoms. The lowest BCUT2D eigenvalue weighted by Crippen LogP contribution is -2.19. The first kappa shape index (κ1) is 10.8. The SMILES string of the molecule is CC(C)CCOCC(C)(F)F. The summed E-state index contributed by atoms with van der Waals surface area (Å²) < 4.78 is 29.0. The number of ether oxygens (including phenoxy) is 1. The van der Waals surface area contributed by atoms with Gasteiger partial charge in [0.25, 0.3) is 5.92 Å². The van der Waals surface area contributed by atoms with Crippen LogP contribution >= 0.6 is 0 Å². The number of hydrogen-bond acceptors (Lipinski definition) is 1. The van der Waals surface area contributed by atoms with Crippen molar-refractivity contribution in [3.8, 4) is 0 Å². The third-order valence-corrected chi connectivity index (χ3v) is 1.20. The average molecular weight is 166 g/mol. The monoisotopic (exact) mass is 166 g/mol. The lowest BCUT2D eigenvalue weighted by atomic mass is 10.1. The Balaban J connectivity index is 3.15. The quantitative estimate of drug-likeness (QED) is 0.570. The van der Waals surface area contributed by atoms with Crippen LogP contribution in [-0.2, 0) is 4.74 Å². The maximum Gasteiger partial charge on any atom is 0.268 e. The van der Waals surface area contributed by atoms with Crippen LogP contribution in [0.1, 0.15) is 27.2 Å². The van der Waals surface area contributed by atoms with Gasteiger partial charge in [0, 0.05) is 13.5 Å². The van der Waals surface area contributed by atoms with Crippen molar-refractivity contribution in [1.82, 2.24) is 0 Å². The average Bonchev–Trinajstić information content (AvgIpc) is 1.78. The van der Waals surface area contributed by atoms with Crippen molar-refractivity contribution in [2.75, 3.05) is 13.2 Å². The summed E-state index contributed by atoms with van der Waals surface area (Å²) in [6, 6.07) is 0. The van der Waals surface area contributed by atoms with Gasteiger partial charge in [-0.2, -0.15) is 0 Å². The predicted molar refractivity (Wildman–Crippen MR) is 40.9 cm³/mol. The first-order valence-corrected chi connectivity index (χ1v) is 3.87. The summed E-state index contributed by atoms with van der Waals surface area (Å²) in [7, 11) is 0. The van der Waals surface area contributed by atoms with Crippen LogP contribution in [0.4, 0.5) is 8.78 Å². The molecule has 0 aliphatic rings. The second-order valence-corrected chi connectivity index (χ2v) is 3.31. The zero-order valence-electron chi connectivity index (χ0n) is 7.36. The van der Waals surface area contributed by atoms with Crippen LogP contribution in [0.15, 0.2) is 0 Å². The van der Waals surface area contributed by atoms with E-state index in [0.717, 1.165) is 13.3 Å². The van der Waals surface area contributed by atoms with E-state index in [0.29, 0.717) is 12.5 Å². The minimum atomic E-state index is -2.68. The van der Waals surface area contributed by atoms with E-state index < -0.39 is 12.5 Å². The van der Waals surface area contributed by atoms with E-state index in [9.17, 15) is 8.78 Å². The standard InChI is InChI=1S/C8H16F2O/c1-7(2)4-5-11-6-8(3,9)10/h7H,4-6H2,1-3H3. The Kier molecular flexibility index (Phi) is 4.57. The van der Waals surface area contributed by atoms with Crippen molar-refractivity contribution in [3.63, 3.8) is 0 Å². The largest absolute Gasteiger partial charge is 0.375 e. The van der Waals surface area contributed by atoms with Crippen LogP contribution < -0.4 is 0 Å². The lowest BCUT2D eigenvalue weighted by Gasteiger charge is -2.11. The maximum absolute atomic E-state index is 12.1. The Labute approximate surface area is 66.7 Å². The smallest absolute Gasteiger partial charge is 0.268 e. The maximum atomic E-state index is 12.1. The van der Waals surface area contributed by atoms with Crippen LogP contribution in [0.5, 0.6) is 0 Å². The van der Waals surface area contributed by atoms with Gasteiger partial charge in [-0.15, -0.1) is 0 Å². The zero-order valence-corrected chi connectivity index (χ0v) is 7.36. The molecule has 0 N–H and O–H groups in total. The number of hydrogen-bond donors (Lipinski definition) is 0. The van der Waals surface area contributed by atoms with E-state index in [-0.39, 0.29) is 0 Å². The molecular weight excluding hydrogens is 150 g/mol. The normalized spacial score (nSPS) is 12.5. The summed E-state index contributed by atoms with van der Waals surface area (Å²) >= 11 is 0. The molecule has 0 spiro atoms. The topological polar surface area (TPSA) is 9.23 Å². The molecule has 0 aromatic rings. The van der Waals surface area contributed by atoms with Gasteiger partial charge in [0.05, 0.1) is 0 Å². The second kappa shape index (κ2) is 4.65. The van der Waals surface area contributed by atoms with Crippen molar-refractivity contribution in [3.05, 3.63) is 0 Å². The molecule has 0 rings (SSSR count). The van der Waals surface area contributed by atoms with Gasteiger partial charge >= 0.3 is 0 Å². The molecule has 0 amide bonds. The van der Waals surface area contributed by atoms with Crippen LogP contribution in [0.3, 0.4) is 0 Å². The van der Waals surface area contributed by atoms with Gasteiger partial charge in [-0.05, 0) is 12.3 Å². The highest BCUT2D eigenvalue weighted by molar-refractivity contribution is 4.54. The van der Waals surface area contributed by atoms with Gasteiger partial charge in [0.15, 0.2) is 0 Å². The highest BCUT2D eigenvalue weighted by Crippen LogP contribution is 2.11. The van der Waals surface area contributed by atoms with E-state index in [4.69, 9.17) is 4.74 Å². The van der Waals surface area contributed by atoms with Crippen molar-refractivity contribution < 1.29 is 13.5 Å². The highest BCUT2D eigenvalue weighted by Gasteiger charge is 2.20. The van der Waals surface area contributed by atoms with Gasteiger partial charge in [0.1, 0.15) is 6.61 Å². The number of halogens is 2.